The maximum Gasteiger partial charge on any atom is 0.0641 e. The predicted molar refractivity (Wildman–Crippen MR) is 333 cm³/mol. The van der Waals surface area contributed by atoms with E-state index in [1.54, 1.807) is 0 Å². The zero-order valence-electron chi connectivity index (χ0n) is 44.9. The van der Waals surface area contributed by atoms with Gasteiger partial charge in [0.2, 0.25) is 0 Å². The van der Waals surface area contributed by atoms with Gasteiger partial charge < -0.3 is 18.6 Å². The van der Waals surface area contributed by atoms with Crippen molar-refractivity contribution in [1.29, 1.82) is 0 Å². The van der Waals surface area contributed by atoms with Gasteiger partial charge in [-0.3, -0.25) is 0 Å². The third-order valence-corrected chi connectivity index (χ3v) is 16.7. The highest BCUT2D eigenvalue weighted by atomic mass is 15.2. The molecule has 15 rings (SSSR count). The SMILES string of the molecule is CC(C)(C)c1ccc(-c2ccc3c4c(N(c5ccccc5)c5ccccc5)ccc5c6cc7c(cc6n(c3c2)c54)c2ccc(N(c3ccccc3)c3ccccc3)c3c4ccc(-c5ccc(C(C)(C)C)cc5)cc4n7c23)cc1. The fourth-order valence-electron chi connectivity index (χ4n) is 12.8. The van der Waals surface area contributed by atoms with Crippen molar-refractivity contribution in [3.63, 3.8) is 0 Å². The van der Waals surface area contributed by atoms with Crippen LogP contribution < -0.4 is 9.80 Å². The van der Waals surface area contributed by atoms with Crippen molar-refractivity contribution in [3.05, 3.63) is 254 Å². The Balaban J connectivity index is 1.05. The van der Waals surface area contributed by atoms with Crippen molar-refractivity contribution in [3.8, 4) is 22.3 Å². The number of para-hydroxylation sites is 4. The van der Waals surface area contributed by atoms with Gasteiger partial charge in [0, 0.05) is 65.8 Å². The Morgan fingerprint density at radius 3 is 0.885 bits per heavy atom. The molecule has 0 radical (unpaired) electrons. The van der Waals surface area contributed by atoms with Crippen molar-refractivity contribution in [1.82, 2.24) is 8.80 Å². The zero-order chi connectivity index (χ0) is 52.6. The minimum Gasteiger partial charge on any atom is -0.310 e. The van der Waals surface area contributed by atoms with Crippen molar-refractivity contribution in [2.75, 3.05) is 9.80 Å². The van der Waals surface area contributed by atoms with Crippen LogP contribution in [0.4, 0.5) is 34.1 Å². The summed E-state index contributed by atoms with van der Waals surface area (Å²) in [6.45, 7) is 13.7. The second kappa shape index (κ2) is 17.1. The van der Waals surface area contributed by atoms with E-state index in [0.717, 1.165) is 34.1 Å². The molecule has 0 unspecified atom stereocenters. The summed E-state index contributed by atoms with van der Waals surface area (Å²) in [7, 11) is 0. The van der Waals surface area contributed by atoms with Crippen LogP contribution >= 0.6 is 0 Å². The van der Waals surface area contributed by atoms with Gasteiger partial charge in [-0.05, 0) is 129 Å². The van der Waals surface area contributed by atoms with E-state index in [2.05, 4.69) is 303 Å². The summed E-state index contributed by atoms with van der Waals surface area (Å²) in [6, 6.07) is 90.5. The molecular formula is C74H58N4. The minimum absolute atomic E-state index is 0.0662. The van der Waals surface area contributed by atoms with E-state index in [-0.39, 0.29) is 10.8 Å². The maximum absolute atomic E-state index is 2.59. The van der Waals surface area contributed by atoms with Crippen molar-refractivity contribution in [2.45, 2.75) is 52.4 Å². The lowest BCUT2D eigenvalue weighted by atomic mass is 9.86. The largest absolute Gasteiger partial charge is 0.310 e. The Labute approximate surface area is 454 Å². The number of aromatic nitrogens is 2. The molecule has 374 valence electrons. The van der Waals surface area contributed by atoms with Crippen LogP contribution in [0.25, 0.3) is 98.4 Å². The first-order chi connectivity index (χ1) is 38.0. The summed E-state index contributed by atoms with van der Waals surface area (Å²) in [6.07, 6.45) is 0. The van der Waals surface area contributed by atoms with Gasteiger partial charge in [0.05, 0.1) is 44.5 Å². The van der Waals surface area contributed by atoms with Crippen LogP contribution in [0.1, 0.15) is 52.7 Å². The molecule has 0 spiro atoms. The smallest absolute Gasteiger partial charge is 0.0641 e. The molecule has 11 aromatic carbocycles. The normalized spacial score (nSPS) is 12.5. The predicted octanol–water partition coefficient (Wildman–Crippen LogP) is 20.9. The molecule has 0 aliphatic heterocycles. The summed E-state index contributed by atoms with van der Waals surface area (Å²) in [5, 5.41) is 9.89. The molecule has 78 heavy (non-hydrogen) atoms. The summed E-state index contributed by atoms with van der Waals surface area (Å²) in [4.78, 5) is 4.87. The molecule has 0 saturated carbocycles. The highest BCUT2D eigenvalue weighted by Crippen LogP contribution is 2.52. The van der Waals surface area contributed by atoms with Crippen molar-refractivity contribution < 1.29 is 0 Å². The van der Waals surface area contributed by atoms with E-state index in [4.69, 9.17) is 0 Å². The van der Waals surface area contributed by atoms with Gasteiger partial charge in [-0.1, -0.05) is 199 Å². The Bertz CT molecular complexity index is 4360. The maximum atomic E-state index is 2.59. The summed E-state index contributed by atoms with van der Waals surface area (Å²) < 4.78 is 5.17. The lowest BCUT2D eigenvalue weighted by Gasteiger charge is -2.26. The van der Waals surface area contributed by atoms with E-state index >= 15 is 0 Å². The van der Waals surface area contributed by atoms with Crippen molar-refractivity contribution in [2.24, 2.45) is 0 Å². The van der Waals surface area contributed by atoms with E-state index in [9.17, 15) is 0 Å². The van der Waals surface area contributed by atoms with E-state index in [0.29, 0.717) is 0 Å². The van der Waals surface area contributed by atoms with E-state index < -0.39 is 0 Å². The van der Waals surface area contributed by atoms with Gasteiger partial charge in [0.15, 0.2) is 0 Å². The van der Waals surface area contributed by atoms with Crippen LogP contribution in [0.3, 0.4) is 0 Å². The minimum atomic E-state index is 0.0662. The lowest BCUT2D eigenvalue weighted by molar-refractivity contribution is 0.590. The molecular weight excluding hydrogens is 945 g/mol. The summed E-state index contributed by atoms with van der Waals surface area (Å²) in [5.74, 6) is 0. The number of hydrogen-bond donors (Lipinski definition) is 0. The van der Waals surface area contributed by atoms with Crippen LogP contribution in [0.15, 0.2) is 243 Å². The number of hydrogen-bond acceptors (Lipinski definition) is 2. The molecule has 0 aliphatic rings. The summed E-state index contributed by atoms with van der Waals surface area (Å²) >= 11 is 0. The molecule has 15 aromatic rings. The van der Waals surface area contributed by atoms with Crippen LogP contribution in [0, 0.1) is 0 Å². The molecule has 0 amide bonds. The lowest BCUT2D eigenvalue weighted by Crippen LogP contribution is -2.10. The van der Waals surface area contributed by atoms with Crippen LogP contribution in [0.2, 0.25) is 0 Å². The standard InChI is InChI=1S/C74H58N4/c1-73(2,3)51-33-27-47(28-34-51)49-31-37-59-65(43-49)77-67-45-62-58-40-42-64(76(55-23-15-9-16-24-55)56-25-17-10-18-26-56)70-60-38-32-50(48-29-35-52(36-30-48)74(4,5)6)44-66(60)78(72(58)70)68(62)46-61(67)57-39-41-63(69(59)71(57)77)75(53-19-11-7-12-20-53)54-21-13-8-14-22-54/h7-46H,1-6H3. The highest BCUT2D eigenvalue weighted by molar-refractivity contribution is 6.32. The molecule has 4 aromatic heterocycles. The zero-order valence-corrected chi connectivity index (χ0v) is 44.9. The van der Waals surface area contributed by atoms with E-state index in [1.165, 1.54) is 110 Å². The topological polar surface area (TPSA) is 15.3 Å². The molecule has 4 heteroatoms. The third-order valence-electron chi connectivity index (χ3n) is 16.7. The fourth-order valence-corrected chi connectivity index (χ4v) is 12.8. The first kappa shape index (κ1) is 46.0. The number of fused-ring (bicyclic) bond motifs is 12. The van der Waals surface area contributed by atoms with Gasteiger partial charge in [0.25, 0.3) is 0 Å². The summed E-state index contributed by atoms with van der Waals surface area (Å²) in [5.41, 5.74) is 21.7. The first-order valence-electron chi connectivity index (χ1n) is 27.4. The fraction of sp³-hybridized carbons (Fsp3) is 0.108. The van der Waals surface area contributed by atoms with E-state index in [1.807, 2.05) is 0 Å². The Morgan fingerprint density at radius 2 is 0.564 bits per heavy atom. The second-order valence-electron chi connectivity index (χ2n) is 23.4. The van der Waals surface area contributed by atoms with Crippen LogP contribution in [-0.4, -0.2) is 8.80 Å². The third kappa shape index (κ3) is 6.99. The molecule has 4 heterocycles. The number of nitrogens with zero attached hydrogens (tertiary/aromatic N) is 4. The van der Waals surface area contributed by atoms with Gasteiger partial charge in [-0.15, -0.1) is 0 Å². The molecule has 0 N–H and O–H groups in total. The molecule has 0 atom stereocenters. The Morgan fingerprint density at radius 1 is 0.269 bits per heavy atom. The van der Waals surface area contributed by atoms with Crippen molar-refractivity contribution >= 4 is 110 Å². The van der Waals surface area contributed by atoms with Gasteiger partial charge >= 0.3 is 0 Å². The highest BCUT2D eigenvalue weighted by Gasteiger charge is 2.29. The van der Waals surface area contributed by atoms with Gasteiger partial charge in [-0.2, -0.15) is 0 Å². The number of rotatable bonds is 8. The number of anilines is 6. The van der Waals surface area contributed by atoms with Gasteiger partial charge in [-0.25, -0.2) is 0 Å². The average Bonchev–Trinajstić information content (AvgIpc) is 3.42. The first-order valence-corrected chi connectivity index (χ1v) is 27.4. The average molecular weight is 1000 g/mol. The molecule has 0 fully saturated rings. The molecule has 0 saturated heterocycles. The monoisotopic (exact) mass is 1000 g/mol. The molecule has 4 nitrogen and oxygen atoms in total. The van der Waals surface area contributed by atoms with Crippen LogP contribution in [0.5, 0.6) is 0 Å². The Kier molecular flexibility index (Phi) is 10.1. The number of benzene rings is 11. The molecule has 0 aliphatic carbocycles. The molecule has 0 bridgehead atoms. The van der Waals surface area contributed by atoms with Crippen LogP contribution in [-0.2, 0) is 10.8 Å². The second-order valence-corrected chi connectivity index (χ2v) is 23.4. The Hall–Kier alpha value is -9.38. The quantitative estimate of drug-likeness (QED) is 0.151. The van der Waals surface area contributed by atoms with Gasteiger partial charge in [0.1, 0.15) is 0 Å².